The molecule has 3 heteroatoms. The van der Waals surface area contributed by atoms with E-state index >= 15 is 0 Å². The fourth-order valence-corrected chi connectivity index (χ4v) is 0.697. The molecule has 0 amide bonds. The average molecular weight is 124 g/mol. The highest BCUT2D eigenvalue weighted by Gasteiger charge is 1.90. The number of aromatic nitrogens is 2. The van der Waals surface area contributed by atoms with Crippen LogP contribution in [0.3, 0.4) is 0 Å². The molecule has 0 bridgehead atoms. The van der Waals surface area contributed by atoms with Crippen molar-refractivity contribution in [3.63, 3.8) is 0 Å². The monoisotopic (exact) mass is 124 g/mol. The molecule has 1 radical (unpaired) electrons. The Kier molecular flexibility index (Phi) is 2.27. The second-order valence-electron chi connectivity index (χ2n) is 1.91. The maximum absolute atomic E-state index is 6.87. The number of rotatable bonds is 3. The highest BCUT2D eigenvalue weighted by molar-refractivity contribution is 4.93. The summed E-state index contributed by atoms with van der Waals surface area (Å²) in [7, 11) is 0. The minimum Gasteiger partial charge on any atom is -0.351 e. The first-order chi connectivity index (χ1) is 4.43. The topological polar surface area (TPSA) is 52.5 Å². The third kappa shape index (κ3) is 1.85. The van der Waals surface area contributed by atoms with Crippen LogP contribution in [0, 0.1) is 0 Å². The van der Waals surface area contributed by atoms with Crippen LogP contribution in [0.4, 0.5) is 0 Å². The van der Waals surface area contributed by atoms with Crippen molar-refractivity contribution in [2.24, 2.45) is 0 Å². The first-order valence-electron chi connectivity index (χ1n) is 3.05. The molecule has 0 aromatic carbocycles. The lowest BCUT2D eigenvalue weighted by molar-refractivity contribution is 0.801. The van der Waals surface area contributed by atoms with E-state index in [0.29, 0.717) is 6.54 Å². The van der Waals surface area contributed by atoms with Gasteiger partial charge in [-0.05, 0) is 12.8 Å². The molecule has 1 aromatic heterocycles. The van der Waals surface area contributed by atoms with Gasteiger partial charge in [-0.2, -0.15) is 0 Å². The zero-order chi connectivity index (χ0) is 6.53. The third-order valence-corrected chi connectivity index (χ3v) is 1.16. The Balaban J connectivity index is 2.30. The number of imidazole rings is 1. The molecule has 0 aliphatic rings. The second kappa shape index (κ2) is 3.25. The zero-order valence-corrected chi connectivity index (χ0v) is 5.22. The van der Waals surface area contributed by atoms with E-state index in [0.717, 1.165) is 18.5 Å². The van der Waals surface area contributed by atoms with Crippen molar-refractivity contribution < 1.29 is 0 Å². The van der Waals surface area contributed by atoms with Crippen LogP contribution in [0.5, 0.6) is 0 Å². The van der Waals surface area contributed by atoms with E-state index in [1.54, 1.807) is 6.33 Å². The number of nitrogens with one attached hydrogen (secondary N) is 2. The van der Waals surface area contributed by atoms with Crippen LogP contribution in [-0.4, -0.2) is 16.5 Å². The number of hydrogen-bond donors (Lipinski definition) is 1. The first-order valence-corrected chi connectivity index (χ1v) is 3.05. The van der Waals surface area contributed by atoms with Gasteiger partial charge >= 0.3 is 0 Å². The summed E-state index contributed by atoms with van der Waals surface area (Å²) in [5, 5.41) is 0. The number of aromatic amines is 1. The van der Waals surface area contributed by atoms with Gasteiger partial charge in [0.15, 0.2) is 0 Å². The Morgan fingerprint density at radius 2 is 2.56 bits per heavy atom. The minimum atomic E-state index is 0.493. The van der Waals surface area contributed by atoms with Crippen molar-refractivity contribution in [1.29, 1.82) is 0 Å². The maximum Gasteiger partial charge on any atom is 0.0923 e. The van der Waals surface area contributed by atoms with E-state index < -0.39 is 0 Å². The number of hydrogen-bond acceptors (Lipinski definition) is 1. The lowest BCUT2D eigenvalue weighted by Crippen LogP contribution is -1.89. The largest absolute Gasteiger partial charge is 0.351 e. The Hall–Kier alpha value is -0.830. The molecule has 1 aromatic rings. The van der Waals surface area contributed by atoms with Crippen LogP contribution in [0.15, 0.2) is 12.5 Å². The van der Waals surface area contributed by atoms with Gasteiger partial charge in [-0.1, -0.05) is 0 Å². The van der Waals surface area contributed by atoms with Gasteiger partial charge in [-0.15, -0.1) is 0 Å². The standard InChI is InChI=1S/C6H10N3/c7-3-1-2-6-4-8-5-9-6/h4-5,7H,1-3H2,(H,8,9). The van der Waals surface area contributed by atoms with Crippen LogP contribution < -0.4 is 5.73 Å². The van der Waals surface area contributed by atoms with Crippen LogP contribution in [0.1, 0.15) is 12.1 Å². The molecular formula is C6H10N3. The van der Waals surface area contributed by atoms with Gasteiger partial charge in [0, 0.05) is 12.7 Å². The molecule has 0 fully saturated rings. The van der Waals surface area contributed by atoms with Gasteiger partial charge in [-0.3, -0.25) is 5.73 Å². The SMILES string of the molecule is [NH]CCCc1c[nH]cn1. The predicted octanol–water partition coefficient (Wildman–Crippen LogP) is 0.625. The fraction of sp³-hybridized carbons (Fsp3) is 0.500. The van der Waals surface area contributed by atoms with Crippen LogP contribution in [0.25, 0.3) is 0 Å². The normalized spacial score (nSPS) is 9.89. The summed E-state index contributed by atoms with van der Waals surface area (Å²) < 4.78 is 0. The fourth-order valence-electron chi connectivity index (χ4n) is 0.697. The van der Waals surface area contributed by atoms with Crippen molar-refractivity contribution in [1.82, 2.24) is 15.7 Å². The van der Waals surface area contributed by atoms with Crippen molar-refractivity contribution >= 4 is 0 Å². The van der Waals surface area contributed by atoms with Crippen LogP contribution in [0.2, 0.25) is 0 Å². The van der Waals surface area contributed by atoms with Crippen molar-refractivity contribution in [2.75, 3.05) is 6.54 Å². The highest BCUT2D eigenvalue weighted by atomic mass is 14.9. The molecule has 1 rings (SSSR count). The van der Waals surface area contributed by atoms with Gasteiger partial charge in [0.25, 0.3) is 0 Å². The van der Waals surface area contributed by atoms with Gasteiger partial charge in [0.05, 0.1) is 12.0 Å². The number of nitrogens with zero attached hydrogens (tertiary/aromatic N) is 1. The molecular weight excluding hydrogens is 114 g/mol. The molecule has 0 aliphatic heterocycles. The van der Waals surface area contributed by atoms with E-state index in [1.807, 2.05) is 6.20 Å². The van der Waals surface area contributed by atoms with Crippen molar-refractivity contribution in [3.8, 4) is 0 Å². The average Bonchev–Trinajstić information content (AvgIpc) is 2.34. The molecule has 49 valence electrons. The Bertz CT molecular complexity index is 145. The van der Waals surface area contributed by atoms with E-state index in [9.17, 15) is 0 Å². The molecule has 3 nitrogen and oxygen atoms in total. The maximum atomic E-state index is 6.87. The molecule has 0 unspecified atom stereocenters. The molecule has 0 spiro atoms. The van der Waals surface area contributed by atoms with E-state index in [-0.39, 0.29) is 0 Å². The summed E-state index contributed by atoms with van der Waals surface area (Å²) in [5.74, 6) is 0. The second-order valence-corrected chi connectivity index (χ2v) is 1.91. The molecule has 0 saturated heterocycles. The van der Waals surface area contributed by atoms with E-state index in [4.69, 9.17) is 5.73 Å². The number of H-pyrrole nitrogens is 1. The summed E-state index contributed by atoms with van der Waals surface area (Å²) in [5.41, 5.74) is 7.92. The minimum absolute atomic E-state index is 0.493. The molecule has 9 heavy (non-hydrogen) atoms. The smallest absolute Gasteiger partial charge is 0.0923 e. The lowest BCUT2D eigenvalue weighted by Gasteiger charge is -1.88. The summed E-state index contributed by atoms with van der Waals surface area (Å²) in [4.78, 5) is 6.88. The highest BCUT2D eigenvalue weighted by Crippen LogP contribution is 1.94. The first kappa shape index (κ1) is 6.29. The van der Waals surface area contributed by atoms with Gasteiger partial charge in [0.2, 0.25) is 0 Å². The van der Waals surface area contributed by atoms with Crippen LogP contribution >= 0.6 is 0 Å². The molecule has 1 heterocycles. The lowest BCUT2D eigenvalue weighted by atomic mass is 10.2. The van der Waals surface area contributed by atoms with Gasteiger partial charge in [0.1, 0.15) is 0 Å². The molecule has 0 aliphatic carbocycles. The summed E-state index contributed by atoms with van der Waals surface area (Å²) in [6, 6.07) is 0. The molecule has 0 atom stereocenters. The summed E-state index contributed by atoms with van der Waals surface area (Å²) >= 11 is 0. The van der Waals surface area contributed by atoms with Crippen molar-refractivity contribution in [3.05, 3.63) is 18.2 Å². The summed E-state index contributed by atoms with van der Waals surface area (Å²) in [6.45, 7) is 0.493. The van der Waals surface area contributed by atoms with E-state index in [2.05, 4.69) is 9.97 Å². The predicted molar refractivity (Wildman–Crippen MR) is 34.9 cm³/mol. The van der Waals surface area contributed by atoms with Crippen molar-refractivity contribution in [2.45, 2.75) is 12.8 Å². The quantitative estimate of drug-likeness (QED) is 0.631. The van der Waals surface area contributed by atoms with E-state index in [1.165, 1.54) is 0 Å². The summed E-state index contributed by atoms with van der Waals surface area (Å²) in [6.07, 6.45) is 5.37. The Morgan fingerprint density at radius 3 is 3.11 bits per heavy atom. The third-order valence-electron chi connectivity index (χ3n) is 1.16. The molecule has 2 N–H and O–H groups in total. The van der Waals surface area contributed by atoms with Crippen LogP contribution in [-0.2, 0) is 6.42 Å². The zero-order valence-electron chi connectivity index (χ0n) is 5.22. The Labute approximate surface area is 54.3 Å². The number of aryl methyl sites for hydroxylation is 1. The molecule has 0 saturated carbocycles. The van der Waals surface area contributed by atoms with Gasteiger partial charge < -0.3 is 4.98 Å². The van der Waals surface area contributed by atoms with Gasteiger partial charge in [-0.25, -0.2) is 4.98 Å². The Morgan fingerprint density at radius 1 is 1.67 bits per heavy atom.